The fraction of sp³-hybridized carbons (Fsp3) is 0.200. The Labute approximate surface area is 82.2 Å². The average Bonchev–Trinajstić information content (AvgIpc) is 2.44. The van der Waals surface area contributed by atoms with Crippen molar-refractivity contribution in [2.24, 2.45) is 7.05 Å². The predicted molar refractivity (Wildman–Crippen MR) is 57.3 cm³/mol. The summed E-state index contributed by atoms with van der Waals surface area (Å²) in [6.07, 6.45) is 0. The van der Waals surface area contributed by atoms with E-state index >= 15 is 0 Å². The van der Waals surface area contributed by atoms with Gasteiger partial charge in [-0.05, 0) is 12.1 Å². The Morgan fingerprint density at radius 3 is 2.85 bits per heavy atom. The number of para-hydroxylation sites is 1. The zero-order valence-corrected chi connectivity index (χ0v) is 8.25. The van der Waals surface area contributed by atoms with E-state index in [1.54, 1.807) is 6.07 Å². The van der Waals surface area contributed by atoms with Gasteiger partial charge in [0.25, 0.3) is 0 Å². The summed E-state index contributed by atoms with van der Waals surface area (Å²) in [5, 5.41) is 10.7. The average molecular weight is 193 g/mol. The number of rotatable bonds is 1. The summed E-state index contributed by atoms with van der Waals surface area (Å²) in [5.74, 6) is 1.01. The maximum Gasteiger partial charge on any atom is 0.139 e. The molecule has 13 heavy (non-hydrogen) atoms. The van der Waals surface area contributed by atoms with Gasteiger partial charge >= 0.3 is 0 Å². The molecule has 0 atom stereocenters. The molecule has 1 heterocycles. The van der Waals surface area contributed by atoms with Gasteiger partial charge in [-0.2, -0.15) is 12.6 Å². The highest BCUT2D eigenvalue weighted by Gasteiger charge is 2.06. The molecule has 68 valence electrons. The van der Waals surface area contributed by atoms with E-state index in [0.29, 0.717) is 11.5 Å². The van der Waals surface area contributed by atoms with E-state index in [0.717, 1.165) is 16.6 Å². The van der Waals surface area contributed by atoms with E-state index < -0.39 is 0 Å². The number of fused-ring (bicyclic) bond motifs is 1. The van der Waals surface area contributed by atoms with E-state index in [1.165, 1.54) is 0 Å². The van der Waals surface area contributed by atoms with Crippen LogP contribution in [-0.4, -0.2) is 9.67 Å². The van der Waals surface area contributed by atoms with E-state index in [4.69, 9.17) is 0 Å². The number of phenolic OH excluding ortho intramolecular Hbond substituents is 1. The molecule has 0 amide bonds. The monoisotopic (exact) mass is 193 g/mol. The van der Waals surface area contributed by atoms with Gasteiger partial charge in [0, 0.05) is 23.9 Å². The second-order valence-electron chi connectivity index (χ2n) is 3.07. The van der Waals surface area contributed by atoms with Crippen LogP contribution >= 0.6 is 12.6 Å². The highest BCUT2D eigenvalue weighted by molar-refractivity contribution is 7.79. The summed E-state index contributed by atoms with van der Waals surface area (Å²) in [5.41, 5.74) is 1.99. The van der Waals surface area contributed by atoms with Crippen LogP contribution in [0.3, 0.4) is 0 Å². The van der Waals surface area contributed by atoms with E-state index in [2.05, 4.69) is 12.6 Å². The maximum absolute atomic E-state index is 9.62. The number of phenols is 1. The van der Waals surface area contributed by atoms with Crippen LogP contribution in [0.15, 0.2) is 24.3 Å². The number of aromatic nitrogens is 1. The van der Waals surface area contributed by atoms with E-state index in [9.17, 15) is 5.11 Å². The van der Waals surface area contributed by atoms with Gasteiger partial charge in [0.15, 0.2) is 0 Å². The fourth-order valence-electron chi connectivity index (χ4n) is 1.60. The first-order valence-electron chi connectivity index (χ1n) is 4.11. The van der Waals surface area contributed by atoms with Crippen molar-refractivity contribution in [3.63, 3.8) is 0 Å². The first-order chi connectivity index (χ1) is 6.24. The smallest absolute Gasteiger partial charge is 0.139 e. The van der Waals surface area contributed by atoms with Gasteiger partial charge < -0.3 is 9.67 Å². The fourth-order valence-corrected chi connectivity index (χ4v) is 1.91. The zero-order valence-electron chi connectivity index (χ0n) is 7.36. The van der Waals surface area contributed by atoms with Gasteiger partial charge in [-0.25, -0.2) is 0 Å². The number of benzene rings is 1. The molecule has 2 rings (SSSR count). The van der Waals surface area contributed by atoms with Crippen LogP contribution in [0.5, 0.6) is 5.75 Å². The predicted octanol–water partition coefficient (Wildman–Crippen LogP) is 2.31. The molecule has 3 heteroatoms. The summed E-state index contributed by atoms with van der Waals surface area (Å²) < 4.78 is 1.97. The van der Waals surface area contributed by atoms with Crippen molar-refractivity contribution in [2.75, 3.05) is 0 Å². The highest BCUT2D eigenvalue weighted by atomic mass is 32.1. The van der Waals surface area contributed by atoms with Crippen molar-refractivity contribution in [3.8, 4) is 5.75 Å². The minimum atomic E-state index is 0.327. The third-order valence-corrected chi connectivity index (χ3v) is 2.62. The second-order valence-corrected chi connectivity index (χ2v) is 3.38. The Morgan fingerprint density at radius 2 is 2.23 bits per heavy atom. The van der Waals surface area contributed by atoms with E-state index in [1.807, 2.05) is 29.8 Å². The summed E-state index contributed by atoms with van der Waals surface area (Å²) in [7, 11) is 1.94. The largest absolute Gasteiger partial charge is 0.506 e. The van der Waals surface area contributed by atoms with Crippen LogP contribution in [-0.2, 0) is 12.8 Å². The molecule has 0 spiro atoms. The second kappa shape index (κ2) is 3.00. The Morgan fingerprint density at radius 1 is 1.46 bits per heavy atom. The lowest BCUT2D eigenvalue weighted by Crippen LogP contribution is -1.92. The molecule has 0 aliphatic rings. The molecule has 2 aromatic rings. The molecule has 1 aromatic heterocycles. The molecule has 0 unspecified atom stereocenters. The molecule has 1 N–H and O–H groups in total. The van der Waals surface area contributed by atoms with Gasteiger partial charge in [0.1, 0.15) is 5.75 Å². The van der Waals surface area contributed by atoms with Crippen molar-refractivity contribution in [2.45, 2.75) is 5.75 Å². The third-order valence-electron chi connectivity index (χ3n) is 2.30. The van der Waals surface area contributed by atoms with Gasteiger partial charge in [-0.15, -0.1) is 0 Å². The molecule has 2 nitrogen and oxygen atoms in total. The number of nitrogens with zero attached hydrogens (tertiary/aromatic N) is 1. The number of thiol groups is 1. The number of hydrogen-bond donors (Lipinski definition) is 2. The summed E-state index contributed by atoms with van der Waals surface area (Å²) >= 11 is 4.22. The summed E-state index contributed by atoms with van der Waals surface area (Å²) in [4.78, 5) is 0. The van der Waals surface area contributed by atoms with Gasteiger partial charge in [0.2, 0.25) is 0 Å². The molecular formula is C10H11NOS. The minimum absolute atomic E-state index is 0.327. The first-order valence-corrected chi connectivity index (χ1v) is 4.74. The zero-order chi connectivity index (χ0) is 9.42. The minimum Gasteiger partial charge on any atom is -0.506 e. The molecule has 0 aliphatic heterocycles. The third kappa shape index (κ3) is 1.20. The van der Waals surface area contributed by atoms with Crippen LogP contribution in [0, 0.1) is 0 Å². The number of hydrogen-bond acceptors (Lipinski definition) is 2. The van der Waals surface area contributed by atoms with Crippen LogP contribution in [0.4, 0.5) is 0 Å². The lowest BCUT2D eigenvalue weighted by molar-refractivity contribution is 0.478. The number of aromatic hydroxyl groups is 1. The molecule has 0 saturated heterocycles. The van der Waals surface area contributed by atoms with Gasteiger partial charge in [-0.1, -0.05) is 12.1 Å². The van der Waals surface area contributed by atoms with Crippen LogP contribution in [0.1, 0.15) is 5.69 Å². The van der Waals surface area contributed by atoms with E-state index in [-0.39, 0.29) is 0 Å². The van der Waals surface area contributed by atoms with Gasteiger partial charge in [-0.3, -0.25) is 0 Å². The Balaban J connectivity index is 2.85. The van der Waals surface area contributed by atoms with Crippen LogP contribution in [0.2, 0.25) is 0 Å². The van der Waals surface area contributed by atoms with Crippen molar-refractivity contribution in [1.82, 2.24) is 4.57 Å². The Hall–Kier alpha value is -1.09. The number of aryl methyl sites for hydroxylation is 1. The van der Waals surface area contributed by atoms with Gasteiger partial charge in [0.05, 0.1) is 5.52 Å². The molecule has 0 saturated carbocycles. The summed E-state index contributed by atoms with van der Waals surface area (Å²) in [6.45, 7) is 0. The van der Waals surface area contributed by atoms with Crippen LogP contribution < -0.4 is 0 Å². The first kappa shape index (κ1) is 8.51. The lowest BCUT2D eigenvalue weighted by Gasteiger charge is -2.01. The normalized spacial score (nSPS) is 10.9. The highest BCUT2D eigenvalue weighted by Crippen LogP contribution is 2.27. The molecule has 1 aromatic carbocycles. The molecule has 0 aliphatic carbocycles. The molecule has 0 fully saturated rings. The lowest BCUT2D eigenvalue weighted by atomic mass is 10.2. The summed E-state index contributed by atoms with van der Waals surface area (Å²) in [6, 6.07) is 7.58. The maximum atomic E-state index is 9.62. The molecular weight excluding hydrogens is 182 g/mol. The molecule has 0 radical (unpaired) electrons. The van der Waals surface area contributed by atoms with Crippen molar-refractivity contribution < 1.29 is 5.11 Å². The standard InChI is InChI=1S/C10H11NOS/c1-11-8(6-13)5-7-3-2-4-9(12)10(7)11/h2-5,12-13H,6H2,1H3. The van der Waals surface area contributed by atoms with Crippen molar-refractivity contribution >= 4 is 23.5 Å². The van der Waals surface area contributed by atoms with Crippen molar-refractivity contribution in [3.05, 3.63) is 30.0 Å². The van der Waals surface area contributed by atoms with Crippen LogP contribution in [0.25, 0.3) is 10.9 Å². The Kier molecular flexibility index (Phi) is 1.96. The quantitative estimate of drug-likeness (QED) is 0.668. The topological polar surface area (TPSA) is 25.2 Å². The molecule has 0 bridgehead atoms. The van der Waals surface area contributed by atoms with Crippen molar-refractivity contribution in [1.29, 1.82) is 0 Å². The SMILES string of the molecule is Cn1c(CS)cc2cccc(O)c21. The Bertz CT molecular complexity index is 447.